The van der Waals surface area contributed by atoms with E-state index < -0.39 is 0 Å². The van der Waals surface area contributed by atoms with Gasteiger partial charge < -0.3 is 0 Å². The van der Waals surface area contributed by atoms with E-state index >= 15 is 0 Å². The number of hydrogen-bond acceptors (Lipinski definition) is 1. The van der Waals surface area contributed by atoms with Crippen molar-refractivity contribution in [1.29, 1.82) is 0 Å². The second-order valence-corrected chi connectivity index (χ2v) is 9.38. The van der Waals surface area contributed by atoms with Gasteiger partial charge in [-0.2, -0.15) is 0 Å². The molecule has 4 aromatic rings. The molecule has 0 unspecified atom stereocenters. The Morgan fingerprint density at radius 3 is 2.28 bits per heavy atom. The van der Waals surface area contributed by atoms with Crippen LogP contribution in [0, 0.1) is 6.92 Å². The van der Waals surface area contributed by atoms with E-state index in [1.165, 1.54) is 38.9 Å². The monoisotopic (exact) mass is 382 g/mol. The average Bonchev–Trinajstić information content (AvgIpc) is 3.11. The van der Waals surface area contributed by atoms with Crippen molar-refractivity contribution in [1.82, 2.24) is 9.67 Å². The molecule has 0 fully saturated rings. The molecule has 2 heterocycles. The van der Waals surface area contributed by atoms with Crippen molar-refractivity contribution in [2.24, 2.45) is 7.05 Å². The van der Waals surface area contributed by atoms with Gasteiger partial charge in [-0.1, -0.05) is 58.0 Å². The van der Waals surface area contributed by atoms with E-state index in [-0.39, 0.29) is 10.8 Å². The van der Waals surface area contributed by atoms with Crippen LogP contribution in [0.1, 0.15) is 44.4 Å². The Bertz CT molecular complexity index is 1270. The smallest absolute Gasteiger partial charge is 0.195 e. The van der Waals surface area contributed by atoms with Gasteiger partial charge in [0, 0.05) is 28.5 Å². The van der Waals surface area contributed by atoms with E-state index in [4.69, 9.17) is 4.98 Å². The second kappa shape index (κ2) is 5.79. The highest BCUT2D eigenvalue weighted by molar-refractivity contribution is 5.94. The molecule has 0 bridgehead atoms. The van der Waals surface area contributed by atoms with E-state index in [9.17, 15) is 0 Å². The molecule has 3 nitrogen and oxygen atoms in total. The van der Waals surface area contributed by atoms with Gasteiger partial charge in [-0.25, -0.2) is 0 Å². The zero-order chi connectivity index (χ0) is 20.6. The molecule has 0 amide bonds. The summed E-state index contributed by atoms with van der Waals surface area (Å²) in [7, 11) is 2.10. The van der Waals surface area contributed by atoms with Crippen LogP contribution in [0.15, 0.2) is 61.1 Å². The number of rotatable bonds is 1. The first kappa shape index (κ1) is 18.1. The maximum atomic E-state index is 4.82. The summed E-state index contributed by atoms with van der Waals surface area (Å²) in [4.78, 5) is 4.82. The van der Waals surface area contributed by atoms with Crippen LogP contribution in [0.2, 0.25) is 0 Å². The third-order valence-corrected chi connectivity index (χ3v) is 7.35. The Kier molecular flexibility index (Phi) is 3.62. The predicted octanol–water partition coefficient (Wildman–Crippen LogP) is 5.39. The molecule has 0 atom stereocenters. The number of nitrogens with zero attached hydrogens (tertiary/aromatic N) is 3. The van der Waals surface area contributed by atoms with E-state index in [1.807, 2.05) is 12.3 Å². The van der Waals surface area contributed by atoms with Gasteiger partial charge in [0.2, 0.25) is 0 Å². The summed E-state index contributed by atoms with van der Waals surface area (Å²) < 4.78 is 4.43. The lowest BCUT2D eigenvalue weighted by Crippen LogP contribution is -2.46. The number of aromatic nitrogens is 3. The van der Waals surface area contributed by atoms with Crippen molar-refractivity contribution >= 4 is 10.9 Å². The lowest BCUT2D eigenvalue weighted by Gasteiger charge is -2.49. The van der Waals surface area contributed by atoms with Gasteiger partial charge in [0.25, 0.3) is 0 Å². The highest BCUT2D eigenvalue weighted by atomic mass is 15.4. The molecule has 0 aliphatic heterocycles. The quantitative estimate of drug-likeness (QED) is 0.404. The standard InChI is InChI=1S/C26H28N3/c1-17-10-12-20-19-13-11-18-9-7-14-27-23(18)21(19)25(2,3)26(4,5)22(20)24(17)29-16-8-15-28(29)6/h7-16H,1-6H3/q+1. The van der Waals surface area contributed by atoms with E-state index in [2.05, 4.69) is 99.8 Å². The molecule has 0 spiro atoms. The van der Waals surface area contributed by atoms with Crippen LogP contribution in [0.5, 0.6) is 0 Å². The molecule has 5 rings (SSSR count). The zero-order valence-electron chi connectivity index (χ0n) is 18.1. The minimum absolute atomic E-state index is 0.0836. The van der Waals surface area contributed by atoms with Crippen LogP contribution in [0.25, 0.3) is 27.7 Å². The maximum absolute atomic E-state index is 4.82. The highest BCUT2D eigenvalue weighted by Gasteiger charge is 2.49. The molecular formula is C26H28N3+. The van der Waals surface area contributed by atoms with Crippen molar-refractivity contribution in [3.8, 4) is 16.8 Å². The minimum atomic E-state index is -0.0858. The molecule has 0 saturated heterocycles. The highest BCUT2D eigenvalue weighted by Crippen LogP contribution is 2.56. The largest absolute Gasteiger partial charge is 0.256 e. The third kappa shape index (κ3) is 2.24. The van der Waals surface area contributed by atoms with Crippen LogP contribution in [0.3, 0.4) is 0 Å². The van der Waals surface area contributed by atoms with Crippen LogP contribution >= 0.6 is 0 Å². The molecule has 3 heteroatoms. The van der Waals surface area contributed by atoms with Crippen molar-refractivity contribution in [2.45, 2.75) is 45.4 Å². The van der Waals surface area contributed by atoms with Crippen molar-refractivity contribution in [3.05, 3.63) is 77.7 Å². The summed E-state index contributed by atoms with van der Waals surface area (Å²) >= 11 is 0. The molecule has 29 heavy (non-hydrogen) atoms. The molecule has 0 N–H and O–H groups in total. The second-order valence-electron chi connectivity index (χ2n) is 9.38. The molecule has 2 aromatic carbocycles. The number of pyridine rings is 1. The van der Waals surface area contributed by atoms with E-state index in [0.29, 0.717) is 0 Å². The van der Waals surface area contributed by atoms with Crippen molar-refractivity contribution in [2.75, 3.05) is 0 Å². The minimum Gasteiger partial charge on any atom is -0.256 e. The Hall–Kier alpha value is -2.94. The van der Waals surface area contributed by atoms with E-state index in [1.54, 1.807) is 0 Å². The normalized spacial score (nSPS) is 16.5. The van der Waals surface area contributed by atoms with Gasteiger partial charge >= 0.3 is 0 Å². The van der Waals surface area contributed by atoms with Crippen molar-refractivity contribution < 1.29 is 4.68 Å². The van der Waals surface area contributed by atoms with Gasteiger partial charge in [-0.3, -0.25) is 4.98 Å². The fourth-order valence-electron chi connectivity index (χ4n) is 5.13. The fourth-order valence-corrected chi connectivity index (χ4v) is 5.13. The summed E-state index contributed by atoms with van der Waals surface area (Å²) in [5.41, 5.74) is 8.95. The lowest BCUT2D eigenvalue weighted by molar-refractivity contribution is -0.744. The van der Waals surface area contributed by atoms with Gasteiger partial charge in [-0.15, -0.1) is 9.36 Å². The average molecular weight is 383 g/mol. The summed E-state index contributed by atoms with van der Waals surface area (Å²) in [5.74, 6) is 0. The Morgan fingerprint density at radius 2 is 1.55 bits per heavy atom. The van der Waals surface area contributed by atoms with Crippen molar-refractivity contribution in [3.63, 3.8) is 0 Å². The van der Waals surface area contributed by atoms with Gasteiger partial charge in [-0.05, 0) is 40.8 Å². The van der Waals surface area contributed by atoms with Gasteiger partial charge in [0.1, 0.15) is 5.69 Å². The zero-order valence-corrected chi connectivity index (χ0v) is 18.1. The topological polar surface area (TPSA) is 21.7 Å². The van der Waals surface area contributed by atoms with E-state index in [0.717, 1.165) is 5.52 Å². The molecule has 2 aromatic heterocycles. The summed E-state index contributed by atoms with van der Waals surface area (Å²) in [5, 5.41) is 1.21. The molecule has 0 saturated carbocycles. The third-order valence-electron chi connectivity index (χ3n) is 7.35. The summed E-state index contributed by atoms with van der Waals surface area (Å²) in [6.45, 7) is 11.8. The van der Waals surface area contributed by atoms with Crippen LogP contribution < -0.4 is 4.68 Å². The number of fused-ring (bicyclic) bond motifs is 5. The number of hydrogen-bond donors (Lipinski definition) is 0. The number of aryl methyl sites for hydroxylation is 2. The summed E-state index contributed by atoms with van der Waals surface area (Å²) in [6.07, 6.45) is 6.18. The molecule has 1 aliphatic carbocycles. The lowest BCUT2D eigenvalue weighted by atomic mass is 9.54. The maximum Gasteiger partial charge on any atom is 0.195 e. The Morgan fingerprint density at radius 1 is 0.862 bits per heavy atom. The molecular weight excluding hydrogens is 354 g/mol. The molecule has 146 valence electrons. The first-order valence-electron chi connectivity index (χ1n) is 10.3. The van der Waals surface area contributed by atoms with Gasteiger partial charge in [0.15, 0.2) is 13.2 Å². The number of benzene rings is 2. The SMILES string of the molecule is Cc1ccc2c(c1-n1ccc[n+]1C)C(C)(C)C(C)(C)c1c-2ccc2cccnc12. The first-order valence-corrected chi connectivity index (χ1v) is 10.3. The fraction of sp³-hybridized carbons (Fsp3) is 0.308. The van der Waals surface area contributed by atoms with Crippen LogP contribution in [-0.2, 0) is 17.9 Å². The molecule has 1 aliphatic rings. The molecule has 0 radical (unpaired) electrons. The van der Waals surface area contributed by atoms with Crippen LogP contribution in [0.4, 0.5) is 0 Å². The Labute approximate surface area is 172 Å². The summed E-state index contributed by atoms with van der Waals surface area (Å²) in [6, 6.07) is 15.4. The van der Waals surface area contributed by atoms with Gasteiger partial charge in [0.05, 0.1) is 11.7 Å². The van der Waals surface area contributed by atoms with Crippen LogP contribution in [-0.4, -0.2) is 9.67 Å². The first-order chi connectivity index (χ1) is 13.7. The predicted molar refractivity (Wildman–Crippen MR) is 118 cm³/mol. The Balaban J connectivity index is 1.98.